The van der Waals surface area contributed by atoms with Crippen molar-refractivity contribution in [1.82, 2.24) is 9.88 Å². The highest BCUT2D eigenvalue weighted by molar-refractivity contribution is 8.00. The molecule has 0 radical (unpaired) electrons. The fourth-order valence-corrected chi connectivity index (χ4v) is 4.46. The van der Waals surface area contributed by atoms with Gasteiger partial charge in [-0.3, -0.25) is 4.79 Å². The van der Waals surface area contributed by atoms with Gasteiger partial charge < -0.3 is 9.88 Å². The second-order valence-corrected chi connectivity index (χ2v) is 8.20. The lowest BCUT2D eigenvalue weighted by Gasteiger charge is -2.29. The first-order valence-corrected chi connectivity index (χ1v) is 9.67. The molecular weight excluding hydrogens is 352 g/mol. The number of hydrogen-bond donors (Lipinski definition) is 1. The van der Waals surface area contributed by atoms with Gasteiger partial charge in [0.15, 0.2) is 0 Å². The van der Waals surface area contributed by atoms with Crippen LogP contribution in [0, 0.1) is 0 Å². The van der Waals surface area contributed by atoms with Crippen molar-refractivity contribution in [2.24, 2.45) is 0 Å². The summed E-state index contributed by atoms with van der Waals surface area (Å²) >= 11 is 7.51. The number of halogens is 1. The van der Waals surface area contributed by atoms with Crippen molar-refractivity contribution in [1.29, 1.82) is 0 Å². The second-order valence-electron chi connectivity index (χ2n) is 6.35. The highest BCUT2D eigenvalue weighted by atomic mass is 35.5. The molecule has 25 heavy (non-hydrogen) atoms. The number of hydrogen-bond acceptors (Lipinski definition) is 2. The normalized spacial score (nSPS) is 15.2. The molecule has 1 unspecified atom stereocenters. The average Bonchev–Trinajstić information content (AvgIpc) is 3.01. The first kappa shape index (κ1) is 16.6. The number of H-pyrrole nitrogens is 1. The average molecular weight is 371 g/mol. The van der Waals surface area contributed by atoms with Crippen LogP contribution < -0.4 is 0 Å². The summed E-state index contributed by atoms with van der Waals surface area (Å²) in [5.41, 5.74) is 3.69. The van der Waals surface area contributed by atoms with E-state index in [1.54, 1.807) is 11.8 Å². The molecule has 5 heteroatoms. The Balaban J connectivity index is 1.50. The van der Waals surface area contributed by atoms with Crippen LogP contribution in [0.1, 0.15) is 18.2 Å². The van der Waals surface area contributed by atoms with E-state index < -0.39 is 0 Å². The molecule has 0 saturated carbocycles. The Bertz CT molecular complexity index is 919. The second kappa shape index (κ2) is 6.77. The molecule has 2 aromatic carbocycles. The fraction of sp³-hybridized carbons (Fsp3) is 0.250. The van der Waals surface area contributed by atoms with E-state index in [4.69, 9.17) is 11.6 Å². The zero-order valence-corrected chi connectivity index (χ0v) is 15.5. The summed E-state index contributed by atoms with van der Waals surface area (Å²) in [6.07, 6.45) is 0.883. The van der Waals surface area contributed by atoms with Gasteiger partial charge in [0.25, 0.3) is 0 Å². The minimum Gasteiger partial charge on any atom is -0.358 e. The topological polar surface area (TPSA) is 36.1 Å². The summed E-state index contributed by atoms with van der Waals surface area (Å²) in [6, 6.07) is 16.0. The first-order chi connectivity index (χ1) is 12.1. The van der Waals surface area contributed by atoms with Gasteiger partial charge in [0.2, 0.25) is 5.91 Å². The van der Waals surface area contributed by atoms with Crippen LogP contribution in [-0.4, -0.2) is 27.6 Å². The Morgan fingerprint density at radius 3 is 2.76 bits per heavy atom. The number of aromatic amines is 1. The van der Waals surface area contributed by atoms with Gasteiger partial charge in [0.05, 0.1) is 5.25 Å². The predicted molar refractivity (Wildman–Crippen MR) is 104 cm³/mol. The quantitative estimate of drug-likeness (QED) is 0.666. The SMILES string of the molecule is CC(Sc1ccc(Cl)cc1)C(=O)N1CCc2[nH]c3ccccc3c2C1. The summed E-state index contributed by atoms with van der Waals surface area (Å²) in [7, 11) is 0. The third-order valence-corrected chi connectivity index (χ3v) is 6.02. The lowest BCUT2D eigenvalue weighted by molar-refractivity contribution is -0.131. The molecular formula is C20H19ClN2OS. The third kappa shape index (κ3) is 3.29. The Kier molecular flexibility index (Phi) is 4.48. The molecule has 3 nitrogen and oxygen atoms in total. The zero-order chi connectivity index (χ0) is 17.4. The minimum atomic E-state index is -0.118. The fourth-order valence-electron chi connectivity index (χ4n) is 3.38. The van der Waals surface area contributed by atoms with Crippen molar-refractivity contribution in [3.05, 3.63) is 64.8 Å². The van der Waals surface area contributed by atoms with Gasteiger partial charge in [-0.1, -0.05) is 29.8 Å². The van der Waals surface area contributed by atoms with Crippen molar-refractivity contribution in [2.45, 2.75) is 30.0 Å². The lowest BCUT2D eigenvalue weighted by Crippen LogP contribution is -2.40. The third-order valence-electron chi connectivity index (χ3n) is 4.67. The molecule has 0 fully saturated rings. The van der Waals surface area contributed by atoms with Crippen LogP contribution in [-0.2, 0) is 17.8 Å². The van der Waals surface area contributed by atoms with E-state index in [0.29, 0.717) is 11.6 Å². The largest absolute Gasteiger partial charge is 0.358 e. The Hall–Kier alpha value is -1.91. The number of nitrogens with zero attached hydrogens (tertiary/aromatic N) is 1. The van der Waals surface area contributed by atoms with E-state index in [-0.39, 0.29) is 11.2 Å². The summed E-state index contributed by atoms with van der Waals surface area (Å²) in [6.45, 7) is 3.43. The van der Waals surface area contributed by atoms with Gasteiger partial charge in [-0.05, 0) is 37.3 Å². The van der Waals surface area contributed by atoms with Crippen molar-refractivity contribution in [2.75, 3.05) is 6.54 Å². The van der Waals surface area contributed by atoms with E-state index in [0.717, 1.165) is 23.4 Å². The first-order valence-electron chi connectivity index (χ1n) is 8.41. The number of rotatable bonds is 3. The highest BCUT2D eigenvalue weighted by Gasteiger charge is 2.27. The maximum Gasteiger partial charge on any atom is 0.236 e. The maximum absolute atomic E-state index is 12.9. The van der Waals surface area contributed by atoms with Crippen molar-refractivity contribution >= 4 is 40.2 Å². The van der Waals surface area contributed by atoms with Crippen LogP contribution in [0.15, 0.2) is 53.4 Å². The van der Waals surface area contributed by atoms with Crippen LogP contribution in [0.3, 0.4) is 0 Å². The molecule has 128 valence electrons. The van der Waals surface area contributed by atoms with E-state index in [1.165, 1.54) is 16.6 Å². The van der Waals surface area contributed by atoms with Crippen LogP contribution in [0.4, 0.5) is 0 Å². The van der Waals surface area contributed by atoms with E-state index in [2.05, 4.69) is 23.2 Å². The van der Waals surface area contributed by atoms with Gasteiger partial charge in [0, 0.05) is 51.6 Å². The lowest BCUT2D eigenvalue weighted by atomic mass is 10.0. The maximum atomic E-state index is 12.9. The zero-order valence-electron chi connectivity index (χ0n) is 14.0. The molecule has 4 rings (SSSR count). The van der Waals surface area contributed by atoms with Crippen LogP contribution in [0.2, 0.25) is 5.02 Å². The van der Waals surface area contributed by atoms with Gasteiger partial charge in [0.1, 0.15) is 0 Å². The van der Waals surface area contributed by atoms with Crippen LogP contribution >= 0.6 is 23.4 Å². The number of benzene rings is 2. The number of nitrogens with one attached hydrogen (secondary N) is 1. The molecule has 1 atom stereocenters. The van der Waals surface area contributed by atoms with Gasteiger partial charge in [-0.2, -0.15) is 0 Å². The molecule has 2 heterocycles. The van der Waals surface area contributed by atoms with Gasteiger partial charge in [-0.15, -0.1) is 11.8 Å². The number of thioether (sulfide) groups is 1. The van der Waals surface area contributed by atoms with Crippen molar-refractivity contribution in [3.63, 3.8) is 0 Å². The summed E-state index contributed by atoms with van der Waals surface area (Å²) in [5, 5.41) is 1.83. The minimum absolute atomic E-state index is 0.118. The number of aromatic nitrogens is 1. The molecule has 1 aliphatic heterocycles. The molecule has 0 bridgehead atoms. The van der Waals surface area contributed by atoms with Crippen molar-refractivity contribution < 1.29 is 4.79 Å². The van der Waals surface area contributed by atoms with E-state index in [9.17, 15) is 4.79 Å². The summed E-state index contributed by atoms with van der Waals surface area (Å²) < 4.78 is 0. The Morgan fingerprint density at radius 1 is 1.20 bits per heavy atom. The summed E-state index contributed by atoms with van der Waals surface area (Å²) in [4.78, 5) is 19.4. The Labute approximate surface area is 156 Å². The standard InChI is InChI=1S/C20H19ClN2OS/c1-13(25-15-8-6-14(21)7-9-15)20(24)23-11-10-19-17(12-23)16-4-2-3-5-18(16)22-19/h2-9,13,22H,10-12H2,1H3. The number of para-hydroxylation sites is 1. The van der Waals surface area contributed by atoms with Crippen LogP contribution in [0.25, 0.3) is 10.9 Å². The number of carbonyl (C=O) groups is 1. The molecule has 1 N–H and O–H groups in total. The molecule has 0 aliphatic carbocycles. The highest BCUT2D eigenvalue weighted by Crippen LogP contribution is 2.30. The number of amides is 1. The smallest absolute Gasteiger partial charge is 0.236 e. The molecule has 0 saturated heterocycles. The molecule has 1 amide bonds. The van der Waals surface area contributed by atoms with E-state index in [1.807, 2.05) is 42.2 Å². The molecule has 3 aromatic rings. The molecule has 1 aromatic heterocycles. The number of fused-ring (bicyclic) bond motifs is 3. The van der Waals surface area contributed by atoms with Gasteiger partial charge >= 0.3 is 0 Å². The van der Waals surface area contributed by atoms with Crippen molar-refractivity contribution in [3.8, 4) is 0 Å². The van der Waals surface area contributed by atoms with E-state index >= 15 is 0 Å². The number of carbonyl (C=O) groups excluding carboxylic acids is 1. The monoisotopic (exact) mass is 370 g/mol. The Morgan fingerprint density at radius 2 is 1.96 bits per heavy atom. The molecule has 1 aliphatic rings. The molecule has 0 spiro atoms. The summed E-state index contributed by atoms with van der Waals surface area (Å²) in [5.74, 6) is 0.191. The van der Waals surface area contributed by atoms with Gasteiger partial charge in [-0.25, -0.2) is 0 Å². The predicted octanol–water partition coefficient (Wildman–Crippen LogP) is 4.89. The van der Waals surface area contributed by atoms with Crippen LogP contribution in [0.5, 0.6) is 0 Å².